The van der Waals surface area contributed by atoms with Crippen LogP contribution in [0.15, 0.2) is 60.7 Å². The molecule has 8 heteroatoms. The van der Waals surface area contributed by atoms with Gasteiger partial charge >= 0.3 is 0 Å². The van der Waals surface area contributed by atoms with Crippen LogP contribution in [0.1, 0.15) is 23.5 Å². The first-order valence-corrected chi connectivity index (χ1v) is 13.7. The van der Waals surface area contributed by atoms with E-state index in [2.05, 4.69) is 44.4 Å². The van der Waals surface area contributed by atoms with Gasteiger partial charge in [-0.25, -0.2) is 4.98 Å². The number of aliphatic hydroxyl groups excluding tert-OH is 1. The zero-order valence-electron chi connectivity index (χ0n) is 21.4. The second kappa shape index (κ2) is 11.6. The molecule has 1 aliphatic rings. The van der Waals surface area contributed by atoms with Crippen molar-refractivity contribution >= 4 is 38.2 Å². The van der Waals surface area contributed by atoms with Crippen LogP contribution < -0.4 is 10.1 Å². The highest BCUT2D eigenvalue weighted by Gasteiger charge is 2.22. The fourth-order valence-corrected chi connectivity index (χ4v) is 5.79. The average molecular weight is 519 g/mol. The molecule has 0 unspecified atom stereocenters. The summed E-state index contributed by atoms with van der Waals surface area (Å²) < 4.78 is 6.96. The van der Waals surface area contributed by atoms with Crippen LogP contribution in [0.25, 0.3) is 21.0 Å². The smallest absolute Gasteiger partial charge is 0.234 e. The number of carbonyl (C=O) groups excluding carboxylic acids is 1. The van der Waals surface area contributed by atoms with E-state index in [0.29, 0.717) is 13.1 Å². The van der Waals surface area contributed by atoms with Gasteiger partial charge in [0.05, 0.1) is 27.8 Å². The van der Waals surface area contributed by atoms with Gasteiger partial charge in [-0.2, -0.15) is 0 Å². The molecule has 5 rings (SSSR count). The highest BCUT2D eigenvalue weighted by atomic mass is 32.1. The zero-order chi connectivity index (χ0) is 25.8. The molecular weight excluding hydrogens is 484 g/mol. The Kier molecular flexibility index (Phi) is 8.00. The van der Waals surface area contributed by atoms with Crippen LogP contribution in [-0.2, 0) is 4.79 Å². The molecule has 194 valence electrons. The number of fused-ring (bicyclic) bond motifs is 2. The minimum atomic E-state index is -0.579. The lowest BCUT2D eigenvalue weighted by molar-refractivity contribution is -0.123. The Balaban J connectivity index is 1.04. The van der Waals surface area contributed by atoms with E-state index in [1.165, 1.54) is 10.8 Å². The molecule has 1 aliphatic heterocycles. The molecule has 0 saturated carbocycles. The van der Waals surface area contributed by atoms with E-state index < -0.39 is 6.10 Å². The predicted molar refractivity (Wildman–Crippen MR) is 149 cm³/mol. The third-order valence-electron chi connectivity index (χ3n) is 6.88. The number of piperazine rings is 1. The SMILES string of the molecule is Cc1nc2cc(OC[C@H](O)CN3CCN(CC(=O)N[C@H](C)c4cccc5ccccc45)CC3)ccc2s1. The molecule has 7 nitrogen and oxygen atoms in total. The number of amides is 1. The third kappa shape index (κ3) is 6.45. The number of carbonyl (C=O) groups is 1. The van der Waals surface area contributed by atoms with E-state index in [1.807, 2.05) is 50.2 Å². The molecule has 0 bridgehead atoms. The van der Waals surface area contributed by atoms with Gasteiger partial charge in [0.1, 0.15) is 18.5 Å². The van der Waals surface area contributed by atoms with Crippen LogP contribution in [0.4, 0.5) is 0 Å². The number of benzene rings is 3. The van der Waals surface area contributed by atoms with Crippen LogP contribution in [0, 0.1) is 6.92 Å². The van der Waals surface area contributed by atoms with Crippen LogP contribution in [0.5, 0.6) is 5.75 Å². The number of nitrogens with one attached hydrogen (secondary N) is 1. The monoisotopic (exact) mass is 518 g/mol. The van der Waals surface area contributed by atoms with Crippen molar-refractivity contribution in [3.8, 4) is 5.75 Å². The van der Waals surface area contributed by atoms with E-state index in [1.54, 1.807) is 11.3 Å². The number of aliphatic hydroxyl groups is 1. The maximum atomic E-state index is 12.8. The first kappa shape index (κ1) is 25.6. The van der Waals surface area contributed by atoms with Crippen molar-refractivity contribution in [2.45, 2.75) is 26.0 Å². The molecule has 2 N–H and O–H groups in total. The van der Waals surface area contributed by atoms with Crippen molar-refractivity contribution in [2.75, 3.05) is 45.9 Å². The number of hydrogen-bond donors (Lipinski definition) is 2. The first-order valence-electron chi connectivity index (χ1n) is 12.8. The van der Waals surface area contributed by atoms with Gasteiger partial charge in [-0.05, 0) is 42.3 Å². The summed E-state index contributed by atoms with van der Waals surface area (Å²) in [6, 6.07) is 20.3. The van der Waals surface area contributed by atoms with Gasteiger partial charge in [0.15, 0.2) is 0 Å². The predicted octanol–water partition coefficient (Wildman–Crippen LogP) is 3.99. The molecule has 0 spiro atoms. The molecule has 37 heavy (non-hydrogen) atoms. The Hall–Kier alpha value is -3.04. The molecule has 2 atom stereocenters. The number of aromatic nitrogens is 1. The molecule has 0 aliphatic carbocycles. The molecule has 2 heterocycles. The zero-order valence-corrected chi connectivity index (χ0v) is 22.2. The molecule has 1 amide bonds. The van der Waals surface area contributed by atoms with Crippen molar-refractivity contribution in [1.29, 1.82) is 0 Å². The number of hydrogen-bond acceptors (Lipinski definition) is 7. The number of ether oxygens (including phenoxy) is 1. The Labute approximate surface area is 221 Å². The lowest BCUT2D eigenvalue weighted by Gasteiger charge is -2.35. The van der Waals surface area contributed by atoms with Crippen LogP contribution in [-0.4, -0.2) is 77.8 Å². The Morgan fingerprint density at radius 1 is 1.08 bits per heavy atom. The van der Waals surface area contributed by atoms with E-state index in [9.17, 15) is 9.90 Å². The Morgan fingerprint density at radius 2 is 1.84 bits per heavy atom. The van der Waals surface area contributed by atoms with Gasteiger partial charge in [0.25, 0.3) is 0 Å². The number of aryl methyl sites for hydroxylation is 1. The molecule has 1 saturated heterocycles. The number of β-amino-alcohol motifs (C(OH)–C–C–N with tert-alkyl or cyclic N) is 1. The fraction of sp³-hybridized carbons (Fsp3) is 0.379. The molecule has 4 aromatic rings. The summed E-state index contributed by atoms with van der Waals surface area (Å²) >= 11 is 1.66. The summed E-state index contributed by atoms with van der Waals surface area (Å²) in [4.78, 5) is 21.7. The molecule has 1 aromatic heterocycles. The number of nitrogens with zero attached hydrogens (tertiary/aromatic N) is 3. The van der Waals surface area contributed by atoms with Gasteiger partial charge in [-0.3, -0.25) is 14.6 Å². The number of rotatable bonds is 9. The topological polar surface area (TPSA) is 77.9 Å². The first-order chi connectivity index (χ1) is 17.9. The van der Waals surface area contributed by atoms with Crippen molar-refractivity contribution in [3.05, 3.63) is 71.2 Å². The maximum Gasteiger partial charge on any atom is 0.234 e. The average Bonchev–Trinajstić information content (AvgIpc) is 3.27. The maximum absolute atomic E-state index is 12.8. The van der Waals surface area contributed by atoms with Gasteiger partial charge < -0.3 is 15.2 Å². The fourth-order valence-electron chi connectivity index (χ4n) is 4.98. The molecule has 0 radical (unpaired) electrons. The number of thiazole rings is 1. The summed E-state index contributed by atoms with van der Waals surface area (Å²) in [5.41, 5.74) is 2.07. The molecule has 1 fully saturated rings. The van der Waals surface area contributed by atoms with Gasteiger partial charge in [0, 0.05) is 38.8 Å². The quantitative estimate of drug-likeness (QED) is 0.349. The molecular formula is C29H34N4O3S. The van der Waals surface area contributed by atoms with Crippen molar-refractivity contribution in [2.24, 2.45) is 0 Å². The van der Waals surface area contributed by atoms with Gasteiger partial charge in [-0.15, -0.1) is 11.3 Å². The minimum Gasteiger partial charge on any atom is -0.491 e. The highest BCUT2D eigenvalue weighted by molar-refractivity contribution is 7.18. The van der Waals surface area contributed by atoms with E-state index >= 15 is 0 Å². The van der Waals surface area contributed by atoms with Crippen molar-refractivity contribution in [1.82, 2.24) is 20.1 Å². The second-order valence-corrected chi connectivity index (χ2v) is 11.0. The van der Waals surface area contributed by atoms with Crippen molar-refractivity contribution < 1.29 is 14.6 Å². The summed E-state index contributed by atoms with van der Waals surface area (Å²) in [7, 11) is 0. The van der Waals surface area contributed by atoms with Gasteiger partial charge in [-0.1, -0.05) is 42.5 Å². The molecule has 3 aromatic carbocycles. The summed E-state index contributed by atoms with van der Waals surface area (Å²) in [6.45, 7) is 8.42. The van der Waals surface area contributed by atoms with Crippen LogP contribution >= 0.6 is 11.3 Å². The summed E-state index contributed by atoms with van der Waals surface area (Å²) in [5.74, 6) is 0.764. The van der Waals surface area contributed by atoms with Crippen LogP contribution in [0.2, 0.25) is 0 Å². The van der Waals surface area contributed by atoms with E-state index in [0.717, 1.165) is 52.7 Å². The van der Waals surface area contributed by atoms with E-state index in [-0.39, 0.29) is 18.6 Å². The van der Waals surface area contributed by atoms with Crippen molar-refractivity contribution in [3.63, 3.8) is 0 Å². The van der Waals surface area contributed by atoms with E-state index in [4.69, 9.17) is 4.74 Å². The highest BCUT2D eigenvalue weighted by Crippen LogP contribution is 2.26. The normalized spacial score (nSPS) is 16.6. The summed E-state index contributed by atoms with van der Waals surface area (Å²) in [6.07, 6.45) is -0.579. The minimum absolute atomic E-state index is 0.0367. The Morgan fingerprint density at radius 3 is 2.68 bits per heavy atom. The standard InChI is InChI=1S/C29H34N4O3S/c1-20(25-9-5-7-22-6-3-4-8-26(22)25)30-29(35)18-33-14-12-32(13-15-33)17-23(34)19-36-24-10-11-28-27(16-24)31-21(2)37-28/h3-11,16,20,23,34H,12-15,17-19H2,1-2H3,(H,30,35)/t20-,23-/m1/s1. The Bertz CT molecular complexity index is 1360. The lowest BCUT2D eigenvalue weighted by Crippen LogP contribution is -2.51. The lowest BCUT2D eigenvalue weighted by atomic mass is 10.00. The van der Waals surface area contributed by atoms with Crippen LogP contribution in [0.3, 0.4) is 0 Å². The third-order valence-corrected chi connectivity index (χ3v) is 7.83. The second-order valence-electron chi connectivity index (χ2n) is 9.76. The van der Waals surface area contributed by atoms with Gasteiger partial charge in [0.2, 0.25) is 5.91 Å². The largest absolute Gasteiger partial charge is 0.491 e. The summed E-state index contributed by atoms with van der Waals surface area (Å²) in [5, 5.41) is 17.1.